The van der Waals surface area contributed by atoms with Crippen molar-refractivity contribution in [2.75, 3.05) is 6.54 Å². The molecule has 114 valence electrons. The Morgan fingerprint density at radius 1 is 1.20 bits per heavy atom. The van der Waals surface area contributed by atoms with Crippen molar-refractivity contribution in [2.45, 2.75) is 84.2 Å². The lowest BCUT2D eigenvalue weighted by molar-refractivity contribution is 0.464. The SMILES string of the molecule is CCCCCCCNCc1cn(C2CCCC2)nc1C. The van der Waals surface area contributed by atoms with Gasteiger partial charge in [0.2, 0.25) is 0 Å². The highest BCUT2D eigenvalue weighted by Gasteiger charge is 2.18. The highest BCUT2D eigenvalue weighted by atomic mass is 15.3. The van der Waals surface area contributed by atoms with Gasteiger partial charge in [0.25, 0.3) is 0 Å². The van der Waals surface area contributed by atoms with Crippen LogP contribution in [-0.4, -0.2) is 16.3 Å². The van der Waals surface area contributed by atoms with Crippen molar-refractivity contribution in [3.8, 4) is 0 Å². The Labute approximate surface area is 124 Å². The van der Waals surface area contributed by atoms with Crippen LogP contribution in [0.25, 0.3) is 0 Å². The van der Waals surface area contributed by atoms with Crippen LogP contribution in [0.3, 0.4) is 0 Å². The normalized spacial score (nSPS) is 16.1. The minimum atomic E-state index is 0.663. The molecule has 20 heavy (non-hydrogen) atoms. The standard InChI is InChI=1S/C17H31N3/c1-3-4-5-6-9-12-18-13-16-14-20(19-15(16)2)17-10-7-8-11-17/h14,17-18H,3-13H2,1-2H3. The van der Waals surface area contributed by atoms with Gasteiger partial charge >= 0.3 is 0 Å². The Bertz CT molecular complexity index is 378. The molecule has 2 rings (SSSR count). The third kappa shape index (κ3) is 4.62. The van der Waals surface area contributed by atoms with Crippen molar-refractivity contribution >= 4 is 0 Å². The summed E-state index contributed by atoms with van der Waals surface area (Å²) >= 11 is 0. The van der Waals surface area contributed by atoms with Gasteiger partial charge < -0.3 is 5.32 Å². The molecule has 1 N–H and O–H groups in total. The zero-order valence-electron chi connectivity index (χ0n) is 13.3. The van der Waals surface area contributed by atoms with E-state index in [-0.39, 0.29) is 0 Å². The third-order valence-electron chi connectivity index (χ3n) is 4.49. The van der Waals surface area contributed by atoms with Crippen molar-refractivity contribution in [1.29, 1.82) is 0 Å². The number of aryl methyl sites for hydroxylation is 1. The second kappa shape index (κ2) is 8.46. The van der Waals surface area contributed by atoms with Gasteiger partial charge in [-0.15, -0.1) is 0 Å². The highest BCUT2D eigenvalue weighted by molar-refractivity contribution is 5.15. The molecule has 0 saturated heterocycles. The Morgan fingerprint density at radius 3 is 2.70 bits per heavy atom. The molecule has 1 saturated carbocycles. The average Bonchev–Trinajstić information content (AvgIpc) is 3.08. The van der Waals surface area contributed by atoms with Gasteiger partial charge in [0.05, 0.1) is 11.7 Å². The fourth-order valence-corrected chi connectivity index (χ4v) is 3.13. The number of nitrogens with zero attached hydrogens (tertiary/aromatic N) is 2. The topological polar surface area (TPSA) is 29.9 Å². The maximum absolute atomic E-state index is 4.71. The van der Waals surface area contributed by atoms with E-state index in [1.54, 1.807) is 0 Å². The molecule has 1 aliphatic carbocycles. The predicted octanol–water partition coefficient (Wildman–Crippen LogP) is 4.37. The molecule has 1 heterocycles. The molecular formula is C17H31N3. The van der Waals surface area contributed by atoms with Gasteiger partial charge in [-0.25, -0.2) is 0 Å². The molecule has 1 aromatic heterocycles. The summed E-state index contributed by atoms with van der Waals surface area (Å²) in [5.74, 6) is 0. The number of nitrogens with one attached hydrogen (secondary N) is 1. The van der Waals surface area contributed by atoms with Crippen molar-refractivity contribution in [2.24, 2.45) is 0 Å². The molecule has 0 atom stereocenters. The maximum Gasteiger partial charge on any atom is 0.0638 e. The Hall–Kier alpha value is -0.830. The Kier molecular flexibility index (Phi) is 6.58. The van der Waals surface area contributed by atoms with E-state index in [9.17, 15) is 0 Å². The first-order chi connectivity index (χ1) is 9.81. The first-order valence-electron chi connectivity index (χ1n) is 8.56. The van der Waals surface area contributed by atoms with Crippen LogP contribution in [0.4, 0.5) is 0 Å². The van der Waals surface area contributed by atoms with E-state index in [4.69, 9.17) is 5.10 Å². The van der Waals surface area contributed by atoms with Crippen molar-refractivity contribution in [3.63, 3.8) is 0 Å². The van der Waals surface area contributed by atoms with Crippen molar-refractivity contribution in [3.05, 3.63) is 17.5 Å². The highest BCUT2D eigenvalue weighted by Crippen LogP contribution is 2.29. The molecule has 0 aliphatic heterocycles. The summed E-state index contributed by atoms with van der Waals surface area (Å²) < 4.78 is 2.22. The Morgan fingerprint density at radius 2 is 1.95 bits per heavy atom. The second-order valence-electron chi connectivity index (χ2n) is 6.25. The van der Waals surface area contributed by atoms with Crippen molar-refractivity contribution in [1.82, 2.24) is 15.1 Å². The van der Waals surface area contributed by atoms with E-state index in [0.29, 0.717) is 6.04 Å². The zero-order chi connectivity index (χ0) is 14.2. The van der Waals surface area contributed by atoms with Gasteiger partial charge in [0.15, 0.2) is 0 Å². The summed E-state index contributed by atoms with van der Waals surface area (Å²) in [5, 5.41) is 8.28. The number of unbranched alkanes of at least 4 members (excludes halogenated alkanes) is 4. The van der Waals surface area contributed by atoms with Gasteiger partial charge in [0, 0.05) is 18.3 Å². The van der Waals surface area contributed by atoms with E-state index in [1.807, 2.05) is 0 Å². The van der Waals surface area contributed by atoms with Crippen molar-refractivity contribution < 1.29 is 0 Å². The number of hydrogen-bond acceptors (Lipinski definition) is 2. The smallest absolute Gasteiger partial charge is 0.0638 e. The number of aromatic nitrogens is 2. The number of rotatable bonds is 9. The van der Waals surface area contributed by atoms with Gasteiger partial charge in [-0.1, -0.05) is 45.4 Å². The molecule has 1 fully saturated rings. The number of hydrogen-bond donors (Lipinski definition) is 1. The van der Waals surface area contributed by atoms with Gasteiger partial charge in [-0.05, 0) is 32.7 Å². The summed E-state index contributed by atoms with van der Waals surface area (Å²) in [7, 11) is 0. The molecular weight excluding hydrogens is 246 g/mol. The lowest BCUT2D eigenvalue weighted by Gasteiger charge is -2.08. The van der Waals surface area contributed by atoms with Gasteiger partial charge in [-0.3, -0.25) is 4.68 Å². The molecule has 3 heteroatoms. The van der Waals surface area contributed by atoms with E-state index in [1.165, 1.54) is 69.0 Å². The summed E-state index contributed by atoms with van der Waals surface area (Å²) in [6, 6.07) is 0.663. The summed E-state index contributed by atoms with van der Waals surface area (Å²) in [6.07, 6.45) is 14.4. The van der Waals surface area contributed by atoms with Crippen LogP contribution in [0.15, 0.2) is 6.20 Å². The second-order valence-corrected chi connectivity index (χ2v) is 6.25. The lowest BCUT2D eigenvalue weighted by Crippen LogP contribution is -2.14. The minimum absolute atomic E-state index is 0.663. The largest absolute Gasteiger partial charge is 0.313 e. The summed E-state index contributed by atoms with van der Waals surface area (Å²) in [5.41, 5.74) is 2.58. The predicted molar refractivity (Wildman–Crippen MR) is 84.9 cm³/mol. The molecule has 0 bridgehead atoms. The summed E-state index contributed by atoms with van der Waals surface area (Å²) in [6.45, 7) is 6.52. The fourth-order valence-electron chi connectivity index (χ4n) is 3.13. The monoisotopic (exact) mass is 277 g/mol. The van der Waals surface area contributed by atoms with E-state index >= 15 is 0 Å². The zero-order valence-corrected chi connectivity index (χ0v) is 13.3. The van der Waals surface area contributed by atoms with Crippen LogP contribution in [-0.2, 0) is 6.54 Å². The summed E-state index contributed by atoms with van der Waals surface area (Å²) in [4.78, 5) is 0. The van der Waals surface area contributed by atoms with Crippen LogP contribution < -0.4 is 5.32 Å². The van der Waals surface area contributed by atoms with Crippen LogP contribution in [0.5, 0.6) is 0 Å². The van der Waals surface area contributed by atoms with E-state index < -0.39 is 0 Å². The lowest BCUT2D eigenvalue weighted by atomic mass is 10.1. The maximum atomic E-state index is 4.71. The van der Waals surface area contributed by atoms with Gasteiger partial charge in [0.1, 0.15) is 0 Å². The van der Waals surface area contributed by atoms with E-state index in [0.717, 1.165) is 13.1 Å². The Balaban J connectivity index is 1.67. The molecule has 1 aliphatic rings. The van der Waals surface area contributed by atoms with Crippen LogP contribution in [0.1, 0.15) is 82.0 Å². The molecule has 0 aromatic carbocycles. The molecule has 3 nitrogen and oxygen atoms in total. The average molecular weight is 277 g/mol. The fraction of sp³-hybridized carbons (Fsp3) is 0.824. The molecule has 0 amide bonds. The first-order valence-corrected chi connectivity index (χ1v) is 8.56. The van der Waals surface area contributed by atoms with Crippen LogP contribution in [0, 0.1) is 6.92 Å². The van der Waals surface area contributed by atoms with Crippen LogP contribution >= 0.6 is 0 Å². The quantitative estimate of drug-likeness (QED) is 0.679. The molecule has 0 unspecified atom stereocenters. The van der Waals surface area contributed by atoms with Crippen LogP contribution in [0.2, 0.25) is 0 Å². The molecule has 1 aromatic rings. The molecule has 0 radical (unpaired) electrons. The minimum Gasteiger partial charge on any atom is -0.313 e. The van der Waals surface area contributed by atoms with Gasteiger partial charge in [-0.2, -0.15) is 5.10 Å². The van der Waals surface area contributed by atoms with E-state index in [2.05, 4.69) is 30.0 Å². The third-order valence-corrected chi connectivity index (χ3v) is 4.49. The first kappa shape index (κ1) is 15.6. The molecule has 0 spiro atoms.